The standard InChI is InChI=1S/C15H24FN3/c1-3-6-18-7-9-19(10-8-18)15-5-4-13(12(2)17)11-14(15)16/h4-5,11-12H,3,6-10,17H2,1-2H3/t12-/m0/s1. The molecule has 3 nitrogen and oxygen atoms in total. The largest absolute Gasteiger partial charge is 0.367 e. The summed E-state index contributed by atoms with van der Waals surface area (Å²) in [4.78, 5) is 4.57. The van der Waals surface area contributed by atoms with Crippen molar-refractivity contribution in [3.05, 3.63) is 29.6 Å². The third-order valence-corrected chi connectivity index (χ3v) is 3.75. The van der Waals surface area contributed by atoms with Crippen LogP contribution in [0.15, 0.2) is 18.2 Å². The van der Waals surface area contributed by atoms with Gasteiger partial charge in [0.2, 0.25) is 0 Å². The fourth-order valence-electron chi connectivity index (χ4n) is 2.59. The van der Waals surface area contributed by atoms with Crippen molar-refractivity contribution < 1.29 is 4.39 Å². The van der Waals surface area contributed by atoms with Crippen molar-refractivity contribution >= 4 is 5.69 Å². The third-order valence-electron chi connectivity index (χ3n) is 3.75. The van der Waals surface area contributed by atoms with Crippen molar-refractivity contribution in [2.75, 3.05) is 37.6 Å². The van der Waals surface area contributed by atoms with Gasteiger partial charge in [0.1, 0.15) is 5.82 Å². The molecule has 1 aromatic carbocycles. The Hall–Kier alpha value is -1.13. The van der Waals surface area contributed by atoms with E-state index < -0.39 is 0 Å². The van der Waals surface area contributed by atoms with Crippen LogP contribution >= 0.6 is 0 Å². The maximum Gasteiger partial charge on any atom is 0.146 e. The minimum Gasteiger partial charge on any atom is -0.367 e. The number of piperazine rings is 1. The van der Waals surface area contributed by atoms with Gasteiger partial charge in [-0.05, 0) is 37.6 Å². The molecular formula is C15H24FN3. The molecule has 0 bridgehead atoms. The predicted octanol–water partition coefficient (Wildman–Crippen LogP) is 2.38. The van der Waals surface area contributed by atoms with E-state index in [1.54, 1.807) is 6.07 Å². The van der Waals surface area contributed by atoms with Crippen LogP contribution in [-0.2, 0) is 0 Å². The zero-order valence-electron chi connectivity index (χ0n) is 11.9. The van der Waals surface area contributed by atoms with E-state index in [1.807, 2.05) is 19.1 Å². The van der Waals surface area contributed by atoms with Crippen LogP contribution in [0.1, 0.15) is 31.9 Å². The number of anilines is 1. The Kier molecular flexibility index (Phi) is 4.77. The smallest absolute Gasteiger partial charge is 0.146 e. The van der Waals surface area contributed by atoms with E-state index in [1.165, 1.54) is 6.42 Å². The molecule has 2 N–H and O–H groups in total. The molecular weight excluding hydrogens is 241 g/mol. The summed E-state index contributed by atoms with van der Waals surface area (Å²) < 4.78 is 14.1. The number of nitrogens with zero attached hydrogens (tertiary/aromatic N) is 2. The first-order valence-electron chi connectivity index (χ1n) is 7.14. The molecule has 4 heteroatoms. The molecule has 1 aliphatic heterocycles. The third kappa shape index (κ3) is 3.45. The summed E-state index contributed by atoms with van der Waals surface area (Å²) in [5.74, 6) is -0.154. The molecule has 1 atom stereocenters. The lowest BCUT2D eigenvalue weighted by atomic mass is 10.1. The van der Waals surface area contributed by atoms with Crippen molar-refractivity contribution in [2.45, 2.75) is 26.3 Å². The molecule has 0 unspecified atom stereocenters. The zero-order chi connectivity index (χ0) is 13.8. The van der Waals surface area contributed by atoms with Crippen LogP contribution < -0.4 is 10.6 Å². The summed E-state index contributed by atoms with van der Waals surface area (Å²) in [5.41, 5.74) is 7.34. The summed E-state index contributed by atoms with van der Waals surface area (Å²) in [6.45, 7) is 9.03. The maximum absolute atomic E-state index is 14.1. The number of hydrogen-bond donors (Lipinski definition) is 1. The molecule has 1 saturated heterocycles. The van der Waals surface area contributed by atoms with Gasteiger partial charge in [0.25, 0.3) is 0 Å². The van der Waals surface area contributed by atoms with Crippen molar-refractivity contribution in [3.63, 3.8) is 0 Å². The first kappa shape index (κ1) is 14.3. The zero-order valence-corrected chi connectivity index (χ0v) is 11.9. The van der Waals surface area contributed by atoms with Crippen LogP contribution in [0, 0.1) is 5.82 Å². The predicted molar refractivity (Wildman–Crippen MR) is 77.9 cm³/mol. The van der Waals surface area contributed by atoms with Crippen molar-refractivity contribution in [1.82, 2.24) is 4.90 Å². The van der Waals surface area contributed by atoms with E-state index in [0.29, 0.717) is 5.69 Å². The molecule has 0 radical (unpaired) electrons. The molecule has 1 aliphatic rings. The molecule has 1 aromatic rings. The van der Waals surface area contributed by atoms with E-state index >= 15 is 0 Å². The van der Waals surface area contributed by atoms with Crippen LogP contribution in [0.3, 0.4) is 0 Å². The van der Waals surface area contributed by atoms with Crippen LogP contribution in [-0.4, -0.2) is 37.6 Å². The number of hydrogen-bond acceptors (Lipinski definition) is 3. The summed E-state index contributed by atoms with van der Waals surface area (Å²) in [5, 5.41) is 0. The summed E-state index contributed by atoms with van der Waals surface area (Å²) in [6.07, 6.45) is 1.18. The van der Waals surface area contributed by atoms with Crippen molar-refractivity contribution in [1.29, 1.82) is 0 Å². The quantitative estimate of drug-likeness (QED) is 0.907. The fourth-order valence-corrected chi connectivity index (χ4v) is 2.59. The molecule has 2 rings (SSSR count). The molecule has 0 spiro atoms. The first-order valence-corrected chi connectivity index (χ1v) is 7.14. The first-order chi connectivity index (χ1) is 9.11. The Morgan fingerprint density at radius 2 is 1.95 bits per heavy atom. The molecule has 1 heterocycles. The van der Waals surface area contributed by atoms with Crippen molar-refractivity contribution in [2.24, 2.45) is 5.73 Å². The Balaban J connectivity index is 2.03. The Morgan fingerprint density at radius 1 is 1.26 bits per heavy atom. The van der Waals surface area contributed by atoms with E-state index in [2.05, 4.69) is 16.7 Å². The van der Waals surface area contributed by atoms with Crippen LogP contribution in [0.2, 0.25) is 0 Å². The van der Waals surface area contributed by atoms with Crippen molar-refractivity contribution in [3.8, 4) is 0 Å². The number of rotatable bonds is 4. The summed E-state index contributed by atoms with van der Waals surface area (Å²) in [6, 6.07) is 5.24. The van der Waals surface area contributed by atoms with Gasteiger partial charge in [-0.3, -0.25) is 4.90 Å². The maximum atomic E-state index is 14.1. The monoisotopic (exact) mass is 265 g/mol. The highest BCUT2D eigenvalue weighted by Gasteiger charge is 2.19. The van der Waals surface area contributed by atoms with Gasteiger partial charge in [0, 0.05) is 32.2 Å². The average Bonchev–Trinajstić information content (AvgIpc) is 2.40. The second-order valence-electron chi connectivity index (χ2n) is 5.33. The molecule has 0 amide bonds. The Morgan fingerprint density at radius 3 is 2.47 bits per heavy atom. The molecule has 0 aliphatic carbocycles. The van der Waals surface area contributed by atoms with Crippen LogP contribution in [0.5, 0.6) is 0 Å². The topological polar surface area (TPSA) is 32.5 Å². The van der Waals surface area contributed by atoms with Crippen LogP contribution in [0.25, 0.3) is 0 Å². The van der Waals surface area contributed by atoms with E-state index in [4.69, 9.17) is 5.73 Å². The minimum atomic E-state index is -0.154. The second-order valence-corrected chi connectivity index (χ2v) is 5.33. The highest BCUT2D eigenvalue weighted by atomic mass is 19.1. The van der Waals surface area contributed by atoms with Gasteiger partial charge in [0.05, 0.1) is 5.69 Å². The molecule has 0 saturated carbocycles. The highest BCUT2D eigenvalue weighted by molar-refractivity contribution is 5.50. The Labute approximate surface area is 115 Å². The van der Waals surface area contributed by atoms with Gasteiger partial charge < -0.3 is 10.6 Å². The van der Waals surface area contributed by atoms with E-state index in [9.17, 15) is 4.39 Å². The average molecular weight is 265 g/mol. The molecule has 19 heavy (non-hydrogen) atoms. The van der Waals surface area contributed by atoms with E-state index in [0.717, 1.165) is 38.3 Å². The lowest BCUT2D eigenvalue weighted by Gasteiger charge is -2.36. The van der Waals surface area contributed by atoms with Gasteiger partial charge in [-0.1, -0.05) is 13.0 Å². The van der Waals surface area contributed by atoms with E-state index in [-0.39, 0.29) is 11.9 Å². The second kappa shape index (κ2) is 6.35. The Bertz CT molecular complexity index is 412. The van der Waals surface area contributed by atoms with Gasteiger partial charge >= 0.3 is 0 Å². The summed E-state index contributed by atoms with van der Waals surface area (Å²) >= 11 is 0. The summed E-state index contributed by atoms with van der Waals surface area (Å²) in [7, 11) is 0. The van der Waals surface area contributed by atoms with Gasteiger partial charge in [0.15, 0.2) is 0 Å². The SMILES string of the molecule is CCCN1CCN(c2ccc([C@H](C)N)cc2F)CC1. The lowest BCUT2D eigenvalue weighted by Crippen LogP contribution is -2.46. The molecule has 1 fully saturated rings. The number of benzene rings is 1. The number of nitrogens with two attached hydrogens (primary N) is 1. The normalized spacial score (nSPS) is 18.6. The highest BCUT2D eigenvalue weighted by Crippen LogP contribution is 2.23. The number of halogens is 1. The van der Waals surface area contributed by atoms with Gasteiger partial charge in [-0.2, -0.15) is 0 Å². The van der Waals surface area contributed by atoms with Gasteiger partial charge in [-0.25, -0.2) is 4.39 Å². The molecule has 106 valence electrons. The fraction of sp³-hybridized carbons (Fsp3) is 0.600. The minimum absolute atomic E-state index is 0.120. The van der Waals surface area contributed by atoms with Gasteiger partial charge in [-0.15, -0.1) is 0 Å². The van der Waals surface area contributed by atoms with Crippen LogP contribution in [0.4, 0.5) is 10.1 Å². The molecule has 0 aromatic heterocycles. The lowest BCUT2D eigenvalue weighted by molar-refractivity contribution is 0.258.